The van der Waals surface area contributed by atoms with Crippen LogP contribution in [0.3, 0.4) is 0 Å². The minimum atomic E-state index is -0.228. The summed E-state index contributed by atoms with van der Waals surface area (Å²) in [5.74, 6) is 0.579. The van der Waals surface area contributed by atoms with Crippen molar-refractivity contribution in [3.63, 3.8) is 0 Å². The SMILES string of the molecule is CCNC(=NCCCN(C)c1cccc(F)c1)NC1CCN(C(=O)OCC)CC1.I. The second kappa shape index (κ2) is 14.3. The van der Waals surface area contributed by atoms with Gasteiger partial charge in [0.15, 0.2) is 5.96 Å². The van der Waals surface area contributed by atoms with Crippen molar-refractivity contribution >= 4 is 41.7 Å². The van der Waals surface area contributed by atoms with E-state index < -0.39 is 0 Å². The molecule has 1 aromatic carbocycles. The Balaban J connectivity index is 0.00000450. The van der Waals surface area contributed by atoms with E-state index in [1.807, 2.05) is 31.9 Å². The van der Waals surface area contributed by atoms with Crippen LogP contribution in [-0.2, 0) is 4.74 Å². The molecule has 0 spiro atoms. The Labute approximate surface area is 196 Å². The highest BCUT2D eigenvalue weighted by molar-refractivity contribution is 14.0. The molecular weight excluding hydrogens is 500 g/mol. The molecule has 0 bridgehead atoms. The fraction of sp³-hybridized carbons (Fsp3) is 0.619. The van der Waals surface area contributed by atoms with E-state index >= 15 is 0 Å². The van der Waals surface area contributed by atoms with E-state index in [1.54, 1.807) is 11.0 Å². The normalized spacial score (nSPS) is 14.7. The first kappa shape index (κ1) is 26.3. The first-order valence-electron chi connectivity index (χ1n) is 10.5. The van der Waals surface area contributed by atoms with Gasteiger partial charge in [0.25, 0.3) is 0 Å². The minimum absolute atomic E-state index is 0. The Bertz CT molecular complexity index is 669. The second-order valence-corrected chi connectivity index (χ2v) is 7.12. The molecule has 7 nitrogen and oxygen atoms in total. The van der Waals surface area contributed by atoms with E-state index in [-0.39, 0.29) is 41.9 Å². The van der Waals surface area contributed by atoms with Crippen LogP contribution in [0.15, 0.2) is 29.3 Å². The van der Waals surface area contributed by atoms with Crippen LogP contribution in [0, 0.1) is 5.82 Å². The molecule has 1 aromatic rings. The van der Waals surface area contributed by atoms with Crippen LogP contribution in [-0.4, -0.2) is 69.4 Å². The standard InChI is InChI=1S/C21H34FN5O2.HI/c1-4-23-20(25-18-10-14-27(15-11-18)21(28)29-5-2)24-12-7-13-26(3)19-9-6-8-17(22)16-19;/h6,8-9,16,18H,4-5,7,10-15H2,1-3H3,(H2,23,24,25);1H. The molecule has 1 amide bonds. The molecule has 1 saturated heterocycles. The lowest BCUT2D eigenvalue weighted by atomic mass is 10.1. The number of nitrogens with one attached hydrogen (secondary N) is 2. The Morgan fingerprint density at radius 1 is 1.33 bits per heavy atom. The molecule has 1 fully saturated rings. The lowest BCUT2D eigenvalue weighted by Gasteiger charge is -2.32. The fourth-order valence-electron chi connectivity index (χ4n) is 3.28. The van der Waals surface area contributed by atoms with Crippen LogP contribution in [0.4, 0.5) is 14.9 Å². The number of halogens is 2. The van der Waals surface area contributed by atoms with Crippen molar-refractivity contribution < 1.29 is 13.9 Å². The van der Waals surface area contributed by atoms with Gasteiger partial charge in [-0.25, -0.2) is 9.18 Å². The summed E-state index contributed by atoms with van der Waals surface area (Å²) in [6, 6.07) is 6.90. The van der Waals surface area contributed by atoms with Crippen LogP contribution in [0.1, 0.15) is 33.1 Å². The molecule has 170 valence electrons. The van der Waals surface area contributed by atoms with Gasteiger partial charge in [0.1, 0.15) is 5.82 Å². The van der Waals surface area contributed by atoms with Gasteiger partial charge < -0.3 is 25.2 Å². The third-order valence-electron chi connectivity index (χ3n) is 4.88. The van der Waals surface area contributed by atoms with Gasteiger partial charge in [-0.15, -0.1) is 24.0 Å². The lowest BCUT2D eigenvalue weighted by molar-refractivity contribution is 0.0963. The number of likely N-dealkylation sites (tertiary alicyclic amines) is 1. The zero-order valence-corrected chi connectivity index (χ0v) is 20.5. The number of amides is 1. The minimum Gasteiger partial charge on any atom is -0.450 e. The highest BCUT2D eigenvalue weighted by atomic mass is 127. The summed E-state index contributed by atoms with van der Waals surface area (Å²) in [7, 11) is 1.96. The number of hydrogen-bond acceptors (Lipinski definition) is 4. The highest BCUT2D eigenvalue weighted by Gasteiger charge is 2.23. The third-order valence-corrected chi connectivity index (χ3v) is 4.88. The molecule has 0 unspecified atom stereocenters. The second-order valence-electron chi connectivity index (χ2n) is 7.12. The zero-order valence-electron chi connectivity index (χ0n) is 18.2. The van der Waals surface area contributed by atoms with E-state index in [2.05, 4.69) is 15.6 Å². The van der Waals surface area contributed by atoms with Crippen molar-refractivity contribution in [2.75, 3.05) is 51.3 Å². The zero-order chi connectivity index (χ0) is 21.1. The molecule has 0 aromatic heterocycles. The largest absolute Gasteiger partial charge is 0.450 e. The summed E-state index contributed by atoms with van der Waals surface area (Å²) in [6.07, 6.45) is 2.37. The Morgan fingerprint density at radius 3 is 2.70 bits per heavy atom. The Hall–Kier alpha value is -1.78. The van der Waals surface area contributed by atoms with Crippen molar-refractivity contribution in [2.45, 2.75) is 39.2 Å². The monoisotopic (exact) mass is 535 g/mol. The number of aliphatic imine (C=N–C) groups is 1. The average molecular weight is 535 g/mol. The van der Waals surface area contributed by atoms with Crippen molar-refractivity contribution in [1.82, 2.24) is 15.5 Å². The summed E-state index contributed by atoms with van der Waals surface area (Å²) in [5.41, 5.74) is 0.868. The van der Waals surface area contributed by atoms with Gasteiger partial charge >= 0.3 is 6.09 Å². The Kier molecular flexibility index (Phi) is 12.5. The van der Waals surface area contributed by atoms with Gasteiger partial charge in [-0.3, -0.25) is 4.99 Å². The quantitative estimate of drug-likeness (QED) is 0.231. The maximum atomic E-state index is 13.3. The number of ether oxygens (including phenoxy) is 1. The summed E-state index contributed by atoms with van der Waals surface area (Å²) >= 11 is 0. The van der Waals surface area contributed by atoms with E-state index in [4.69, 9.17) is 4.74 Å². The van der Waals surface area contributed by atoms with Crippen molar-refractivity contribution in [1.29, 1.82) is 0 Å². The molecule has 0 atom stereocenters. The number of hydrogen-bond donors (Lipinski definition) is 2. The average Bonchev–Trinajstić information content (AvgIpc) is 2.72. The summed E-state index contributed by atoms with van der Waals surface area (Å²) in [6.45, 7) is 7.91. The molecule has 0 saturated carbocycles. The van der Waals surface area contributed by atoms with Gasteiger partial charge in [0, 0.05) is 51.5 Å². The fourth-order valence-corrected chi connectivity index (χ4v) is 3.28. The van der Waals surface area contributed by atoms with E-state index in [9.17, 15) is 9.18 Å². The molecular formula is C21H35FIN5O2. The topological polar surface area (TPSA) is 69.2 Å². The van der Waals surface area contributed by atoms with Crippen LogP contribution >= 0.6 is 24.0 Å². The van der Waals surface area contributed by atoms with E-state index in [1.165, 1.54) is 12.1 Å². The molecule has 30 heavy (non-hydrogen) atoms. The van der Waals surface area contributed by atoms with Gasteiger partial charge in [-0.1, -0.05) is 6.07 Å². The van der Waals surface area contributed by atoms with Gasteiger partial charge in [0.05, 0.1) is 6.61 Å². The van der Waals surface area contributed by atoms with Gasteiger partial charge in [-0.05, 0) is 51.3 Å². The summed E-state index contributed by atoms with van der Waals surface area (Å²) in [4.78, 5) is 20.3. The van der Waals surface area contributed by atoms with Crippen LogP contribution in [0.2, 0.25) is 0 Å². The van der Waals surface area contributed by atoms with Crippen molar-refractivity contribution in [3.05, 3.63) is 30.1 Å². The number of guanidine groups is 1. The van der Waals surface area contributed by atoms with Crippen LogP contribution < -0.4 is 15.5 Å². The maximum Gasteiger partial charge on any atom is 0.409 e. The predicted octanol–water partition coefficient (Wildman–Crippen LogP) is 3.45. The van der Waals surface area contributed by atoms with Gasteiger partial charge in [0.2, 0.25) is 0 Å². The maximum absolute atomic E-state index is 13.3. The molecule has 0 radical (unpaired) electrons. The molecule has 1 aliphatic rings. The number of anilines is 1. The summed E-state index contributed by atoms with van der Waals surface area (Å²) < 4.78 is 18.4. The van der Waals surface area contributed by atoms with Crippen LogP contribution in [0.25, 0.3) is 0 Å². The first-order valence-corrected chi connectivity index (χ1v) is 10.5. The van der Waals surface area contributed by atoms with Crippen molar-refractivity contribution in [3.8, 4) is 0 Å². The van der Waals surface area contributed by atoms with E-state index in [0.717, 1.165) is 44.0 Å². The molecule has 9 heteroatoms. The number of piperidine rings is 1. The number of rotatable bonds is 8. The number of carbonyl (C=O) groups excluding carboxylic acids is 1. The molecule has 1 heterocycles. The van der Waals surface area contributed by atoms with Crippen molar-refractivity contribution in [2.24, 2.45) is 4.99 Å². The number of benzene rings is 1. The predicted molar refractivity (Wildman–Crippen MR) is 130 cm³/mol. The highest BCUT2D eigenvalue weighted by Crippen LogP contribution is 2.14. The first-order chi connectivity index (χ1) is 14.0. The lowest BCUT2D eigenvalue weighted by Crippen LogP contribution is -2.50. The molecule has 2 N–H and O–H groups in total. The molecule has 1 aliphatic heterocycles. The number of carbonyl (C=O) groups is 1. The number of nitrogens with zero attached hydrogens (tertiary/aromatic N) is 3. The third kappa shape index (κ3) is 8.93. The van der Waals surface area contributed by atoms with E-state index in [0.29, 0.717) is 26.2 Å². The van der Waals surface area contributed by atoms with Gasteiger partial charge in [-0.2, -0.15) is 0 Å². The Morgan fingerprint density at radius 2 is 2.07 bits per heavy atom. The molecule has 0 aliphatic carbocycles. The smallest absolute Gasteiger partial charge is 0.409 e. The van der Waals surface area contributed by atoms with Crippen LogP contribution in [0.5, 0.6) is 0 Å². The molecule has 2 rings (SSSR count). The summed E-state index contributed by atoms with van der Waals surface area (Å²) in [5, 5.41) is 6.75.